The Morgan fingerprint density at radius 2 is 1.54 bits per heavy atom. The van der Waals surface area contributed by atoms with Crippen LogP contribution in [0.25, 0.3) is 16.7 Å². The number of allylic oxidation sites excluding steroid dienone is 4. The molecule has 0 unspecified atom stereocenters. The number of amides is 4. The first kappa shape index (κ1) is 64.9. The Hall–Kier alpha value is -9.22. The lowest BCUT2D eigenvalue weighted by molar-refractivity contribution is -0.141. The number of hydrogen-bond acceptors (Lipinski definition) is 18. The average Bonchev–Trinajstić information content (AvgIpc) is 4.03. The number of rotatable bonds is 31. The van der Waals surface area contributed by atoms with Crippen molar-refractivity contribution in [3.63, 3.8) is 0 Å². The van der Waals surface area contributed by atoms with E-state index in [0.717, 1.165) is 5.57 Å². The van der Waals surface area contributed by atoms with Gasteiger partial charge in [-0.1, -0.05) is 44.2 Å². The van der Waals surface area contributed by atoms with E-state index in [1.165, 1.54) is 32.6 Å². The third-order valence-electron chi connectivity index (χ3n) is 10.6. The van der Waals surface area contributed by atoms with Gasteiger partial charge in [0.25, 0.3) is 5.91 Å². The zero-order valence-electron chi connectivity index (χ0n) is 45.9. The van der Waals surface area contributed by atoms with Crippen molar-refractivity contribution < 1.29 is 47.7 Å². The molecule has 0 saturated carbocycles. The second kappa shape index (κ2) is 35.1. The Morgan fingerprint density at radius 3 is 2.15 bits per heavy atom. The Bertz CT molecular complexity index is 2840. The minimum Gasteiger partial charge on any atom is -0.491 e. The lowest BCUT2D eigenvalue weighted by Gasteiger charge is -2.28. The Morgan fingerprint density at radius 1 is 0.872 bits per heavy atom. The van der Waals surface area contributed by atoms with Gasteiger partial charge in [0.15, 0.2) is 5.82 Å². The minimum atomic E-state index is -0.732. The first-order chi connectivity index (χ1) is 37.5. The van der Waals surface area contributed by atoms with Crippen molar-refractivity contribution in [1.82, 2.24) is 35.3 Å². The number of aliphatic imine (C=N–C) groups is 2. The van der Waals surface area contributed by atoms with E-state index >= 15 is 0 Å². The van der Waals surface area contributed by atoms with Crippen LogP contribution in [0.1, 0.15) is 96.6 Å². The fourth-order valence-corrected chi connectivity index (χ4v) is 7.18. The van der Waals surface area contributed by atoms with Crippen molar-refractivity contribution >= 4 is 77.1 Å². The standard InChI is InChI=1S/C51H67N13O9.C2H6.CH3NO/c1-9-57-40(24-33(3)4)50-60-39-27-36(49(54)68)29-43(72-22-14-11-18-56-31-37(30-52)58-19-17-45(66)71-8)47(39)63(50)21-13-12-20-62(32-59-51(69)41-25-34(5)61-64(41)10-2)46-38(55-6)26-35(48(53)67)28-42(46)73-23-15-16-44(65)70-7;1-2;2-1-3/h11-14,24-31,57-58H,3,6,9-10,15-23,32,52H2,1-2,4-5,7-8H3,(H2,53,67)(H2,54,68)(H,59,69);1-2H3;1H,(H2,2,3)/b13-12+,14-11+,37-30+,40-24-,56-31?;;. The number of carbonyl (C=O) groups is 6. The van der Waals surface area contributed by atoms with Gasteiger partial charge in [0, 0.05) is 62.7 Å². The molecule has 24 heteroatoms. The lowest BCUT2D eigenvalue weighted by Crippen LogP contribution is -2.39. The molecule has 0 bridgehead atoms. The summed E-state index contributed by atoms with van der Waals surface area (Å²) in [5.74, 6) is -1.51. The maximum atomic E-state index is 13.7. The van der Waals surface area contributed by atoms with Crippen LogP contribution in [-0.4, -0.2) is 129 Å². The molecule has 4 amide bonds. The molecule has 422 valence electrons. The summed E-state index contributed by atoms with van der Waals surface area (Å²) in [6.45, 7) is 21.4. The smallest absolute Gasteiger partial charge is 0.307 e. The van der Waals surface area contributed by atoms with E-state index in [4.69, 9.17) is 41.2 Å². The summed E-state index contributed by atoms with van der Waals surface area (Å²) in [7, 11) is 2.62. The number of primary amides is 3. The van der Waals surface area contributed by atoms with Crippen LogP contribution in [0.2, 0.25) is 0 Å². The number of carbonyl (C=O) groups excluding carboxylic acids is 6. The van der Waals surface area contributed by atoms with E-state index in [2.05, 4.69) is 54.8 Å². The quantitative estimate of drug-likeness (QED) is 0.00694. The maximum Gasteiger partial charge on any atom is 0.307 e. The molecule has 78 heavy (non-hydrogen) atoms. The Labute approximate surface area is 455 Å². The van der Waals surface area contributed by atoms with Gasteiger partial charge < -0.3 is 67.3 Å². The van der Waals surface area contributed by atoms with Crippen molar-refractivity contribution in [3.05, 3.63) is 113 Å². The molecule has 0 aliphatic rings. The zero-order chi connectivity index (χ0) is 58.2. The van der Waals surface area contributed by atoms with Crippen LogP contribution >= 0.6 is 0 Å². The molecule has 0 spiro atoms. The van der Waals surface area contributed by atoms with E-state index in [1.54, 1.807) is 53.1 Å². The molecule has 0 aliphatic carbocycles. The van der Waals surface area contributed by atoms with E-state index in [1.807, 2.05) is 57.4 Å². The first-order valence-electron chi connectivity index (χ1n) is 25.0. The molecular weight excluding hydrogens is 1000 g/mol. The van der Waals surface area contributed by atoms with E-state index < -0.39 is 23.7 Å². The van der Waals surface area contributed by atoms with Crippen LogP contribution in [0.5, 0.6) is 11.5 Å². The molecule has 4 aromatic rings. The monoisotopic (exact) mass is 1080 g/mol. The lowest BCUT2D eigenvalue weighted by atomic mass is 10.1. The van der Waals surface area contributed by atoms with Crippen molar-refractivity contribution in [2.24, 2.45) is 32.9 Å². The second-order valence-corrected chi connectivity index (χ2v) is 16.2. The summed E-state index contributed by atoms with van der Waals surface area (Å²) in [4.78, 5) is 86.3. The van der Waals surface area contributed by atoms with Gasteiger partial charge >= 0.3 is 11.9 Å². The largest absolute Gasteiger partial charge is 0.491 e. The van der Waals surface area contributed by atoms with Crippen LogP contribution < -0.4 is 53.3 Å². The highest BCUT2D eigenvalue weighted by molar-refractivity contribution is 5.99. The topological polar surface area (TPSA) is 343 Å². The maximum absolute atomic E-state index is 13.7. The van der Waals surface area contributed by atoms with Crippen molar-refractivity contribution in [3.8, 4) is 11.5 Å². The summed E-state index contributed by atoms with van der Waals surface area (Å²) >= 11 is 0. The number of nitrogens with one attached hydrogen (secondary N) is 3. The van der Waals surface area contributed by atoms with Gasteiger partial charge in [0.2, 0.25) is 18.2 Å². The molecular formula is C54H76N14O10. The molecule has 2 aromatic carbocycles. The van der Waals surface area contributed by atoms with Crippen LogP contribution in [-0.2, 0) is 36.9 Å². The van der Waals surface area contributed by atoms with Crippen LogP contribution in [0.15, 0.2) is 94.7 Å². The second-order valence-electron chi connectivity index (χ2n) is 16.2. The van der Waals surface area contributed by atoms with Crippen molar-refractivity contribution in [1.29, 1.82) is 0 Å². The first-order valence-corrected chi connectivity index (χ1v) is 25.0. The number of methoxy groups -OCH3 is 2. The van der Waals surface area contributed by atoms with E-state index in [9.17, 15) is 24.0 Å². The number of hydrogen-bond donors (Lipinski definition) is 7. The van der Waals surface area contributed by atoms with Crippen LogP contribution in [0.3, 0.4) is 0 Å². The molecule has 24 nitrogen and oxygen atoms in total. The van der Waals surface area contributed by atoms with Gasteiger partial charge in [-0.3, -0.25) is 43.4 Å². The predicted octanol–water partition coefficient (Wildman–Crippen LogP) is 4.49. The number of anilines is 1. The van der Waals surface area contributed by atoms with Gasteiger partial charge in [0.1, 0.15) is 35.0 Å². The van der Waals surface area contributed by atoms with Crippen LogP contribution in [0, 0.1) is 6.92 Å². The number of fused-ring (bicyclic) bond motifs is 1. The molecule has 0 fully saturated rings. The van der Waals surface area contributed by atoms with Gasteiger partial charge in [-0.2, -0.15) is 5.10 Å². The number of nitrogens with two attached hydrogens (primary N) is 4. The molecule has 0 aliphatic heterocycles. The van der Waals surface area contributed by atoms with Gasteiger partial charge in [0.05, 0.1) is 68.8 Å². The van der Waals surface area contributed by atoms with Gasteiger partial charge in [-0.15, -0.1) is 0 Å². The van der Waals surface area contributed by atoms with Gasteiger partial charge in [-0.25, -0.2) is 4.98 Å². The van der Waals surface area contributed by atoms with Crippen LogP contribution in [0.4, 0.5) is 11.4 Å². The highest BCUT2D eigenvalue weighted by Gasteiger charge is 2.23. The van der Waals surface area contributed by atoms with Crippen molar-refractivity contribution in [2.45, 2.75) is 73.9 Å². The fraction of sp³-hybridized carbons (Fsp3) is 0.370. The Kier molecular flexibility index (Phi) is 29.2. The van der Waals surface area contributed by atoms with E-state index in [-0.39, 0.29) is 87.3 Å². The molecule has 11 N–H and O–H groups in total. The SMILES string of the molecule is C=Nc1cc(C(N)=O)cc(OCCCC(=O)OC)c1N(C/C=C/Cn1c(/C(=C/C(=C)C)NCC)nc2cc(C(N)=O)cc(OC/C=C/CN=C/C(=C\N)NCCC(=O)OC)c21)CNC(=O)c1cc(C)nn1CC.CC.NC=O. The normalized spacial score (nSPS) is 11.3. The zero-order valence-corrected chi connectivity index (χ0v) is 45.9. The summed E-state index contributed by atoms with van der Waals surface area (Å²) in [6, 6.07) is 7.83. The summed E-state index contributed by atoms with van der Waals surface area (Å²) in [5, 5.41) is 13.8. The molecule has 0 saturated heterocycles. The highest BCUT2D eigenvalue weighted by Crippen LogP contribution is 2.40. The summed E-state index contributed by atoms with van der Waals surface area (Å²) in [5.41, 5.74) is 26.3. The van der Waals surface area contributed by atoms with Crippen molar-refractivity contribution in [2.75, 3.05) is 65.2 Å². The average molecular weight is 1080 g/mol. The van der Waals surface area contributed by atoms with Gasteiger partial charge in [-0.05, 0) is 83.3 Å². The fourth-order valence-electron chi connectivity index (χ4n) is 7.18. The molecule has 2 heterocycles. The third-order valence-corrected chi connectivity index (χ3v) is 10.6. The summed E-state index contributed by atoms with van der Waals surface area (Å²) in [6.07, 6.45) is 12.9. The Balaban J connectivity index is 0.00000401. The molecule has 0 radical (unpaired) electrons. The van der Waals surface area contributed by atoms with E-state index in [0.29, 0.717) is 77.1 Å². The number of aryl methyl sites for hydroxylation is 2. The number of esters is 2. The third kappa shape index (κ3) is 20.5. The summed E-state index contributed by atoms with van der Waals surface area (Å²) < 4.78 is 25.5. The number of nitrogens with zero attached hydrogens (tertiary/aromatic N) is 7. The molecule has 0 atom stereocenters. The number of ether oxygens (including phenoxy) is 4. The predicted molar refractivity (Wildman–Crippen MR) is 304 cm³/mol. The number of benzene rings is 2. The minimum absolute atomic E-state index is 0.0611. The highest BCUT2D eigenvalue weighted by atomic mass is 16.5. The molecule has 2 aromatic heterocycles. The molecule has 4 rings (SSSR count). The number of aromatic nitrogens is 4. The number of imidazole rings is 1.